The van der Waals surface area contributed by atoms with Crippen LogP contribution in [0.25, 0.3) is 0 Å². The van der Waals surface area contributed by atoms with Gasteiger partial charge in [0.15, 0.2) is 11.5 Å². The summed E-state index contributed by atoms with van der Waals surface area (Å²) in [5, 5.41) is 20.0. The van der Waals surface area contributed by atoms with Gasteiger partial charge in [0.1, 0.15) is 6.23 Å². The van der Waals surface area contributed by atoms with Gasteiger partial charge in [0.25, 0.3) is 0 Å². The molecule has 126 valence electrons. The highest BCUT2D eigenvalue weighted by Gasteiger charge is 2.15. The van der Waals surface area contributed by atoms with Crippen LogP contribution in [0.4, 0.5) is 0 Å². The fourth-order valence-corrected chi connectivity index (χ4v) is 2.20. The molecular formula is C17H17BrN2O4. The van der Waals surface area contributed by atoms with Crippen molar-refractivity contribution in [3.63, 3.8) is 0 Å². The molecule has 0 aliphatic carbocycles. The molecule has 0 saturated heterocycles. The lowest BCUT2D eigenvalue weighted by Gasteiger charge is -2.11. The van der Waals surface area contributed by atoms with Crippen LogP contribution < -0.4 is 4.74 Å². The molecule has 24 heavy (non-hydrogen) atoms. The second-order valence-corrected chi connectivity index (χ2v) is 6.32. The third-order valence-corrected chi connectivity index (χ3v) is 3.59. The SMILES string of the molecule is CC(C)C(O)N=Cc1cc(Br)cc(OC(=O)c2cccnc2)c1O. The van der Waals surface area contributed by atoms with E-state index in [9.17, 15) is 15.0 Å². The van der Waals surface area contributed by atoms with Crippen molar-refractivity contribution in [2.45, 2.75) is 20.1 Å². The number of phenols is 1. The van der Waals surface area contributed by atoms with E-state index in [2.05, 4.69) is 25.9 Å². The number of aromatic nitrogens is 1. The third-order valence-electron chi connectivity index (χ3n) is 3.13. The van der Waals surface area contributed by atoms with E-state index in [0.29, 0.717) is 10.0 Å². The van der Waals surface area contributed by atoms with Crippen LogP contribution in [0, 0.1) is 5.92 Å². The summed E-state index contributed by atoms with van der Waals surface area (Å²) >= 11 is 3.29. The van der Waals surface area contributed by atoms with Gasteiger partial charge in [-0.25, -0.2) is 4.79 Å². The van der Waals surface area contributed by atoms with Gasteiger partial charge in [0, 0.05) is 28.6 Å². The van der Waals surface area contributed by atoms with Crippen molar-refractivity contribution < 1.29 is 19.7 Å². The predicted octanol–water partition coefficient (Wildman–Crippen LogP) is 3.16. The summed E-state index contributed by atoms with van der Waals surface area (Å²) in [4.78, 5) is 19.9. The molecule has 0 bridgehead atoms. The monoisotopic (exact) mass is 392 g/mol. The molecule has 2 rings (SSSR count). The topological polar surface area (TPSA) is 92.0 Å². The number of aromatic hydroxyl groups is 1. The van der Waals surface area contributed by atoms with Gasteiger partial charge in [0.05, 0.1) is 5.56 Å². The Kier molecular flexibility index (Phi) is 6.05. The first-order chi connectivity index (χ1) is 11.4. The van der Waals surface area contributed by atoms with Gasteiger partial charge < -0.3 is 14.9 Å². The van der Waals surface area contributed by atoms with Gasteiger partial charge in [-0.1, -0.05) is 29.8 Å². The van der Waals surface area contributed by atoms with Crippen molar-refractivity contribution in [3.05, 3.63) is 52.3 Å². The van der Waals surface area contributed by atoms with Crippen LogP contribution in [-0.4, -0.2) is 33.6 Å². The Balaban J connectivity index is 2.27. The lowest BCUT2D eigenvalue weighted by atomic mass is 10.2. The Labute approximate surface area is 148 Å². The number of benzene rings is 1. The third kappa shape index (κ3) is 4.62. The second kappa shape index (κ2) is 8.03. The minimum atomic E-state index is -0.884. The molecule has 0 amide bonds. The molecule has 1 atom stereocenters. The molecule has 0 aliphatic heterocycles. The lowest BCUT2D eigenvalue weighted by molar-refractivity contribution is 0.0729. The van der Waals surface area contributed by atoms with Gasteiger partial charge in [-0.3, -0.25) is 9.98 Å². The first-order valence-electron chi connectivity index (χ1n) is 7.24. The molecule has 2 aromatic rings. The number of aliphatic imine (C=N–C) groups is 1. The molecule has 0 spiro atoms. The molecule has 2 N–H and O–H groups in total. The zero-order valence-electron chi connectivity index (χ0n) is 13.2. The highest BCUT2D eigenvalue weighted by molar-refractivity contribution is 9.10. The second-order valence-electron chi connectivity index (χ2n) is 5.41. The van der Waals surface area contributed by atoms with Gasteiger partial charge in [0.2, 0.25) is 0 Å². The van der Waals surface area contributed by atoms with Crippen molar-refractivity contribution >= 4 is 28.1 Å². The smallest absolute Gasteiger partial charge is 0.345 e. The number of phenolic OH excluding ortho intramolecular Hbond substituents is 1. The van der Waals surface area contributed by atoms with E-state index in [0.717, 1.165) is 0 Å². The summed E-state index contributed by atoms with van der Waals surface area (Å²) in [6.07, 6.45) is 3.37. The summed E-state index contributed by atoms with van der Waals surface area (Å²) in [5.74, 6) is -0.950. The van der Waals surface area contributed by atoms with Crippen molar-refractivity contribution in [1.82, 2.24) is 4.98 Å². The van der Waals surface area contributed by atoms with Crippen LogP contribution >= 0.6 is 15.9 Å². The number of pyridine rings is 1. The number of aliphatic hydroxyl groups is 1. The van der Waals surface area contributed by atoms with E-state index in [-0.39, 0.29) is 23.0 Å². The number of rotatable bonds is 5. The van der Waals surface area contributed by atoms with Crippen molar-refractivity contribution in [1.29, 1.82) is 0 Å². The van der Waals surface area contributed by atoms with Gasteiger partial charge in [-0.15, -0.1) is 0 Å². The Morgan fingerprint density at radius 3 is 2.79 bits per heavy atom. The number of hydrogen-bond donors (Lipinski definition) is 2. The Hall–Kier alpha value is -2.25. The Morgan fingerprint density at radius 1 is 1.42 bits per heavy atom. The molecule has 1 heterocycles. The molecule has 0 fully saturated rings. The normalized spacial score (nSPS) is 12.5. The molecule has 7 heteroatoms. The average molecular weight is 393 g/mol. The standard InChI is InChI=1S/C17H17BrN2O4/c1-10(2)16(22)20-9-12-6-13(18)7-14(15(12)21)24-17(23)11-4-3-5-19-8-11/h3-10,16,21-22H,1-2H3. The predicted molar refractivity (Wildman–Crippen MR) is 93.4 cm³/mol. The number of hydrogen-bond acceptors (Lipinski definition) is 6. The number of nitrogens with zero attached hydrogens (tertiary/aromatic N) is 2. The molecule has 6 nitrogen and oxygen atoms in total. The lowest BCUT2D eigenvalue weighted by Crippen LogP contribution is -2.11. The number of esters is 1. The van der Waals surface area contributed by atoms with E-state index in [4.69, 9.17) is 4.74 Å². The maximum Gasteiger partial charge on any atom is 0.345 e. The van der Waals surface area contributed by atoms with E-state index >= 15 is 0 Å². The number of aliphatic hydroxyl groups excluding tert-OH is 1. The van der Waals surface area contributed by atoms with E-state index in [1.54, 1.807) is 24.4 Å². The number of ether oxygens (including phenoxy) is 1. The zero-order valence-corrected chi connectivity index (χ0v) is 14.8. The molecule has 1 aromatic heterocycles. The summed E-state index contributed by atoms with van der Waals surface area (Å²) in [6.45, 7) is 3.65. The summed E-state index contributed by atoms with van der Waals surface area (Å²) < 4.78 is 5.82. The molecular weight excluding hydrogens is 376 g/mol. The Morgan fingerprint density at radius 2 is 2.17 bits per heavy atom. The fraction of sp³-hybridized carbons (Fsp3) is 0.235. The maximum absolute atomic E-state index is 12.1. The van der Waals surface area contributed by atoms with Crippen LogP contribution in [0.2, 0.25) is 0 Å². The van der Waals surface area contributed by atoms with Crippen LogP contribution in [0.1, 0.15) is 29.8 Å². The van der Waals surface area contributed by atoms with Crippen molar-refractivity contribution in [3.8, 4) is 11.5 Å². The fourth-order valence-electron chi connectivity index (χ4n) is 1.74. The first kappa shape index (κ1) is 18.1. The Bertz CT molecular complexity index is 748. The molecule has 1 unspecified atom stereocenters. The molecule has 0 saturated carbocycles. The average Bonchev–Trinajstić information content (AvgIpc) is 2.56. The largest absolute Gasteiger partial charge is 0.504 e. The van der Waals surface area contributed by atoms with Gasteiger partial charge >= 0.3 is 5.97 Å². The quantitative estimate of drug-likeness (QED) is 0.463. The highest BCUT2D eigenvalue weighted by Crippen LogP contribution is 2.33. The molecule has 0 aliphatic rings. The van der Waals surface area contributed by atoms with Crippen LogP contribution in [0.15, 0.2) is 46.1 Å². The van der Waals surface area contributed by atoms with Gasteiger partial charge in [-0.2, -0.15) is 0 Å². The minimum absolute atomic E-state index is 0.0151. The minimum Gasteiger partial charge on any atom is -0.504 e. The van der Waals surface area contributed by atoms with Crippen molar-refractivity contribution in [2.75, 3.05) is 0 Å². The maximum atomic E-state index is 12.1. The van der Waals surface area contributed by atoms with Crippen LogP contribution in [-0.2, 0) is 0 Å². The number of halogens is 1. The van der Waals surface area contributed by atoms with E-state index in [1.807, 2.05) is 13.8 Å². The van der Waals surface area contributed by atoms with Gasteiger partial charge in [-0.05, 0) is 30.2 Å². The molecule has 1 aromatic carbocycles. The first-order valence-corrected chi connectivity index (χ1v) is 8.03. The van der Waals surface area contributed by atoms with E-state index in [1.165, 1.54) is 18.5 Å². The van der Waals surface area contributed by atoms with Crippen LogP contribution in [0.3, 0.4) is 0 Å². The number of carbonyl (C=O) groups excluding carboxylic acids is 1. The summed E-state index contributed by atoms with van der Waals surface area (Å²) in [5.41, 5.74) is 0.584. The number of carbonyl (C=O) groups is 1. The van der Waals surface area contributed by atoms with Crippen LogP contribution in [0.5, 0.6) is 11.5 Å². The molecule has 0 radical (unpaired) electrons. The summed E-state index contributed by atoms with van der Waals surface area (Å²) in [6, 6.07) is 6.25. The van der Waals surface area contributed by atoms with E-state index < -0.39 is 12.2 Å². The zero-order chi connectivity index (χ0) is 17.7. The van der Waals surface area contributed by atoms with Crippen molar-refractivity contribution in [2.24, 2.45) is 10.9 Å². The highest BCUT2D eigenvalue weighted by atomic mass is 79.9. The summed E-state index contributed by atoms with van der Waals surface area (Å²) in [7, 11) is 0.